The van der Waals surface area contributed by atoms with Crippen molar-refractivity contribution in [1.29, 1.82) is 0 Å². The van der Waals surface area contributed by atoms with E-state index in [1.807, 2.05) is 54.6 Å². The van der Waals surface area contributed by atoms with Gasteiger partial charge >= 0.3 is 0 Å². The summed E-state index contributed by atoms with van der Waals surface area (Å²) >= 11 is 0. The van der Waals surface area contributed by atoms with E-state index < -0.39 is 0 Å². The second kappa shape index (κ2) is 13.8. The number of pyridine rings is 1. The third-order valence-corrected chi connectivity index (χ3v) is 10.1. The summed E-state index contributed by atoms with van der Waals surface area (Å²) in [5.74, 6) is 2.34. The first kappa shape index (κ1) is 32.2. The summed E-state index contributed by atoms with van der Waals surface area (Å²) < 4.78 is 6.95. The second-order valence-electron chi connectivity index (χ2n) is 13.6. The van der Waals surface area contributed by atoms with Crippen LogP contribution in [-0.4, -0.2) is 15.0 Å². The molecule has 0 atom stereocenters. The van der Waals surface area contributed by atoms with Gasteiger partial charge in [-0.05, 0) is 29.3 Å². The minimum atomic E-state index is 0.700. The highest BCUT2D eigenvalue weighted by atomic mass is 16.3. The molecule has 0 saturated carbocycles. The van der Waals surface area contributed by atoms with E-state index in [0.717, 1.165) is 94.8 Å². The zero-order valence-electron chi connectivity index (χ0n) is 29.8. The molecule has 10 aromatic rings. The molecule has 0 fully saturated rings. The molecule has 55 heavy (non-hydrogen) atoms. The molecule has 0 amide bonds. The summed E-state index contributed by atoms with van der Waals surface area (Å²) in [5.41, 5.74) is 11.9. The predicted octanol–water partition coefficient (Wildman–Crippen LogP) is 13.4. The third-order valence-electron chi connectivity index (χ3n) is 10.1. The van der Waals surface area contributed by atoms with Gasteiger partial charge in [-0.3, -0.25) is 0 Å². The summed E-state index contributed by atoms with van der Waals surface area (Å²) in [7, 11) is 0. The monoisotopic (exact) mass is 703 g/mol. The summed E-state index contributed by atoms with van der Waals surface area (Å²) in [6.07, 6.45) is 0. The number of fused-ring (bicyclic) bond motifs is 3. The molecule has 258 valence electrons. The Bertz CT molecular complexity index is 2870. The standard InChI is InChI=1S/C51H33N3O/c1-6-16-35(17-7-1)44-33-45(54-51(53-44)40-24-14-5-15-25-40)36-28-26-34(27-29-36)41-30-31-43-42(32-41)46-47(48(52-43)37-18-8-2-9-19-37)50(39-22-12-4-13-23-39)55-49(46)38-20-10-3-11-21-38/h1-33H. The first-order valence-electron chi connectivity index (χ1n) is 18.4. The maximum atomic E-state index is 6.95. The largest absolute Gasteiger partial charge is 0.455 e. The van der Waals surface area contributed by atoms with E-state index in [0.29, 0.717) is 5.82 Å². The van der Waals surface area contributed by atoms with Gasteiger partial charge in [0.15, 0.2) is 5.82 Å². The van der Waals surface area contributed by atoms with Gasteiger partial charge in [-0.1, -0.05) is 182 Å². The van der Waals surface area contributed by atoms with Crippen molar-refractivity contribution in [3.8, 4) is 78.9 Å². The lowest BCUT2D eigenvalue weighted by Gasteiger charge is -2.12. The summed E-state index contributed by atoms with van der Waals surface area (Å²) in [4.78, 5) is 15.4. The van der Waals surface area contributed by atoms with E-state index in [2.05, 4.69) is 146 Å². The highest BCUT2D eigenvalue weighted by Crippen LogP contribution is 2.47. The van der Waals surface area contributed by atoms with Crippen molar-refractivity contribution in [2.45, 2.75) is 0 Å². The van der Waals surface area contributed by atoms with Crippen LogP contribution in [0.1, 0.15) is 0 Å². The summed E-state index contributed by atoms with van der Waals surface area (Å²) in [6, 6.07) is 68.9. The SMILES string of the molecule is c1ccc(-c2cc(-c3ccc(-c4ccc5nc(-c6ccccc6)c6c(-c7ccccc7)oc(-c7ccccc7)c6c5c4)cc3)nc(-c3ccccc3)n2)cc1. The van der Waals surface area contributed by atoms with Crippen molar-refractivity contribution < 1.29 is 4.42 Å². The first-order valence-corrected chi connectivity index (χ1v) is 18.4. The zero-order valence-corrected chi connectivity index (χ0v) is 29.8. The summed E-state index contributed by atoms with van der Waals surface area (Å²) in [6.45, 7) is 0. The molecule has 0 N–H and O–H groups in total. The van der Waals surface area contributed by atoms with Crippen LogP contribution in [0.25, 0.3) is 101 Å². The lowest BCUT2D eigenvalue weighted by atomic mass is 9.94. The highest BCUT2D eigenvalue weighted by molar-refractivity contribution is 6.20. The molecule has 4 heteroatoms. The fraction of sp³-hybridized carbons (Fsp3) is 0. The van der Waals surface area contributed by atoms with Crippen molar-refractivity contribution in [3.63, 3.8) is 0 Å². The molecule has 3 aromatic heterocycles. The quantitative estimate of drug-likeness (QED) is 0.166. The van der Waals surface area contributed by atoms with Crippen LogP contribution in [0, 0.1) is 0 Å². The number of furan rings is 1. The fourth-order valence-electron chi connectivity index (χ4n) is 7.40. The average Bonchev–Trinajstić information content (AvgIpc) is 3.69. The zero-order chi connectivity index (χ0) is 36.6. The maximum Gasteiger partial charge on any atom is 0.160 e. The van der Waals surface area contributed by atoms with E-state index in [9.17, 15) is 0 Å². The van der Waals surface area contributed by atoms with Gasteiger partial charge in [0.05, 0.1) is 28.0 Å². The van der Waals surface area contributed by atoms with Crippen LogP contribution in [0.15, 0.2) is 205 Å². The minimum Gasteiger partial charge on any atom is -0.455 e. The Labute approximate surface area is 319 Å². The predicted molar refractivity (Wildman–Crippen MR) is 225 cm³/mol. The molecule has 0 unspecified atom stereocenters. The van der Waals surface area contributed by atoms with Gasteiger partial charge < -0.3 is 4.42 Å². The summed E-state index contributed by atoms with van der Waals surface area (Å²) in [5, 5.41) is 3.09. The lowest BCUT2D eigenvalue weighted by molar-refractivity contribution is 0.602. The fourth-order valence-corrected chi connectivity index (χ4v) is 7.40. The molecular weight excluding hydrogens is 671 g/mol. The average molecular weight is 704 g/mol. The third kappa shape index (κ3) is 6.06. The molecule has 0 aliphatic carbocycles. The molecular formula is C51H33N3O. The van der Waals surface area contributed by atoms with E-state index in [-0.39, 0.29) is 0 Å². The van der Waals surface area contributed by atoms with Gasteiger partial charge in [-0.25, -0.2) is 15.0 Å². The van der Waals surface area contributed by atoms with Crippen LogP contribution in [0.4, 0.5) is 0 Å². The molecule has 10 rings (SSSR count). The van der Waals surface area contributed by atoms with Crippen LogP contribution < -0.4 is 0 Å². The Morgan fingerprint density at radius 2 is 0.745 bits per heavy atom. The molecule has 7 aromatic carbocycles. The van der Waals surface area contributed by atoms with Crippen LogP contribution in [0.5, 0.6) is 0 Å². The van der Waals surface area contributed by atoms with Crippen molar-refractivity contribution in [2.24, 2.45) is 0 Å². The number of hydrogen-bond acceptors (Lipinski definition) is 4. The maximum absolute atomic E-state index is 6.95. The van der Waals surface area contributed by atoms with Crippen molar-refractivity contribution >= 4 is 21.7 Å². The number of aromatic nitrogens is 3. The Kier molecular flexibility index (Phi) is 8.12. The molecule has 3 heterocycles. The van der Waals surface area contributed by atoms with Gasteiger partial charge in [0, 0.05) is 44.2 Å². The van der Waals surface area contributed by atoms with E-state index in [4.69, 9.17) is 19.4 Å². The van der Waals surface area contributed by atoms with Gasteiger partial charge in [0.1, 0.15) is 11.5 Å². The molecule has 4 nitrogen and oxygen atoms in total. The van der Waals surface area contributed by atoms with E-state index >= 15 is 0 Å². The normalized spacial score (nSPS) is 11.3. The van der Waals surface area contributed by atoms with Crippen molar-refractivity contribution in [3.05, 3.63) is 200 Å². The first-order chi connectivity index (χ1) is 27.3. The molecule has 0 radical (unpaired) electrons. The van der Waals surface area contributed by atoms with Gasteiger partial charge in [-0.2, -0.15) is 0 Å². The Morgan fingerprint density at radius 3 is 1.31 bits per heavy atom. The van der Waals surface area contributed by atoms with Gasteiger partial charge in [0.2, 0.25) is 0 Å². The molecule has 0 aliphatic heterocycles. The molecule has 0 bridgehead atoms. The smallest absolute Gasteiger partial charge is 0.160 e. The van der Waals surface area contributed by atoms with Crippen LogP contribution in [0.2, 0.25) is 0 Å². The van der Waals surface area contributed by atoms with E-state index in [1.54, 1.807) is 0 Å². The number of hydrogen-bond donors (Lipinski definition) is 0. The minimum absolute atomic E-state index is 0.700. The number of rotatable bonds is 7. The van der Waals surface area contributed by atoms with Gasteiger partial charge in [0.25, 0.3) is 0 Å². The molecule has 0 saturated heterocycles. The molecule has 0 spiro atoms. The Hall–Kier alpha value is -7.43. The number of benzene rings is 7. The lowest BCUT2D eigenvalue weighted by Crippen LogP contribution is -1.95. The van der Waals surface area contributed by atoms with Crippen molar-refractivity contribution in [2.75, 3.05) is 0 Å². The van der Waals surface area contributed by atoms with Crippen LogP contribution in [0.3, 0.4) is 0 Å². The van der Waals surface area contributed by atoms with Crippen molar-refractivity contribution in [1.82, 2.24) is 15.0 Å². The second-order valence-corrected chi connectivity index (χ2v) is 13.6. The van der Waals surface area contributed by atoms with Crippen LogP contribution in [-0.2, 0) is 0 Å². The Balaban J connectivity index is 1.14. The highest BCUT2D eigenvalue weighted by Gasteiger charge is 2.24. The van der Waals surface area contributed by atoms with E-state index in [1.165, 1.54) is 0 Å². The Morgan fingerprint density at radius 1 is 0.309 bits per heavy atom. The molecule has 0 aliphatic rings. The van der Waals surface area contributed by atoms with Gasteiger partial charge in [-0.15, -0.1) is 0 Å². The van der Waals surface area contributed by atoms with Crippen LogP contribution >= 0.6 is 0 Å². The topological polar surface area (TPSA) is 51.8 Å². The number of nitrogens with zero attached hydrogens (tertiary/aromatic N) is 3.